The number of aromatic nitrogens is 2. The Morgan fingerprint density at radius 2 is 1.94 bits per heavy atom. The van der Waals surface area contributed by atoms with E-state index in [-0.39, 0.29) is 5.91 Å². The van der Waals surface area contributed by atoms with Crippen molar-refractivity contribution >= 4 is 22.9 Å². The van der Waals surface area contributed by atoms with Crippen LogP contribution in [0.25, 0.3) is 11.0 Å². The van der Waals surface area contributed by atoms with E-state index in [9.17, 15) is 4.79 Å². The Labute approximate surface area is 101 Å². The molecule has 2 rings (SSSR count). The molecule has 1 amide bonds. The quantitative estimate of drug-likeness (QED) is 0.820. The van der Waals surface area contributed by atoms with Crippen LogP contribution in [0.4, 0.5) is 5.95 Å². The third-order valence-corrected chi connectivity index (χ3v) is 2.69. The van der Waals surface area contributed by atoms with Crippen LogP contribution in [0.2, 0.25) is 0 Å². The second kappa shape index (κ2) is 3.87. The van der Waals surface area contributed by atoms with Gasteiger partial charge in [-0.05, 0) is 12.1 Å². The van der Waals surface area contributed by atoms with Crippen molar-refractivity contribution in [2.24, 2.45) is 12.5 Å². The van der Waals surface area contributed by atoms with Gasteiger partial charge in [-0.3, -0.25) is 10.1 Å². The predicted molar refractivity (Wildman–Crippen MR) is 68.8 cm³/mol. The Hall–Kier alpha value is -1.84. The molecule has 0 saturated carbocycles. The van der Waals surface area contributed by atoms with E-state index in [1.54, 1.807) is 0 Å². The number of imidazole rings is 1. The van der Waals surface area contributed by atoms with Crippen LogP contribution in [0.1, 0.15) is 20.8 Å². The summed E-state index contributed by atoms with van der Waals surface area (Å²) in [6.07, 6.45) is 0. The molecule has 90 valence electrons. The molecule has 0 aliphatic rings. The predicted octanol–water partition coefficient (Wildman–Crippen LogP) is 2.56. The summed E-state index contributed by atoms with van der Waals surface area (Å²) in [5.74, 6) is 0.557. The average molecular weight is 231 g/mol. The van der Waals surface area contributed by atoms with Gasteiger partial charge in [0.05, 0.1) is 11.0 Å². The van der Waals surface area contributed by atoms with Gasteiger partial charge in [-0.2, -0.15) is 0 Å². The van der Waals surface area contributed by atoms with Gasteiger partial charge in [0.2, 0.25) is 11.9 Å². The summed E-state index contributed by atoms with van der Waals surface area (Å²) >= 11 is 0. The van der Waals surface area contributed by atoms with Crippen LogP contribution < -0.4 is 5.32 Å². The Morgan fingerprint density at radius 3 is 2.53 bits per heavy atom. The highest BCUT2D eigenvalue weighted by atomic mass is 16.2. The molecule has 4 nitrogen and oxygen atoms in total. The Balaban J connectivity index is 2.37. The highest BCUT2D eigenvalue weighted by molar-refractivity contribution is 5.94. The maximum Gasteiger partial charge on any atom is 0.232 e. The molecule has 17 heavy (non-hydrogen) atoms. The molecule has 1 aromatic carbocycles. The van der Waals surface area contributed by atoms with Crippen LogP contribution in [-0.4, -0.2) is 15.5 Å². The zero-order valence-electron chi connectivity index (χ0n) is 10.6. The largest absolute Gasteiger partial charge is 0.313 e. The number of para-hydroxylation sites is 2. The van der Waals surface area contributed by atoms with Gasteiger partial charge in [-0.15, -0.1) is 0 Å². The smallest absolute Gasteiger partial charge is 0.232 e. The second-order valence-corrected chi connectivity index (χ2v) is 5.19. The van der Waals surface area contributed by atoms with E-state index in [1.807, 2.05) is 56.7 Å². The van der Waals surface area contributed by atoms with Crippen LogP contribution in [0.3, 0.4) is 0 Å². The number of nitrogens with one attached hydrogen (secondary N) is 1. The molecule has 1 heterocycles. The molecule has 1 aromatic heterocycles. The van der Waals surface area contributed by atoms with Crippen molar-refractivity contribution in [3.05, 3.63) is 24.3 Å². The van der Waals surface area contributed by atoms with Crippen molar-refractivity contribution in [2.75, 3.05) is 5.32 Å². The van der Waals surface area contributed by atoms with Crippen molar-refractivity contribution in [2.45, 2.75) is 20.8 Å². The van der Waals surface area contributed by atoms with Gasteiger partial charge in [-0.25, -0.2) is 4.98 Å². The lowest BCUT2D eigenvalue weighted by molar-refractivity contribution is -0.123. The third kappa shape index (κ3) is 2.16. The van der Waals surface area contributed by atoms with Crippen molar-refractivity contribution in [3.8, 4) is 0 Å². The van der Waals surface area contributed by atoms with E-state index >= 15 is 0 Å². The number of amides is 1. The summed E-state index contributed by atoms with van der Waals surface area (Å²) in [6.45, 7) is 5.64. The Bertz CT molecular complexity index is 564. The molecule has 0 radical (unpaired) electrons. The Morgan fingerprint density at radius 1 is 1.29 bits per heavy atom. The molecular formula is C13H17N3O. The lowest BCUT2D eigenvalue weighted by atomic mass is 9.96. The fraction of sp³-hybridized carbons (Fsp3) is 0.385. The zero-order valence-corrected chi connectivity index (χ0v) is 10.6. The average Bonchev–Trinajstić information content (AvgIpc) is 2.55. The van der Waals surface area contributed by atoms with Gasteiger partial charge in [-0.1, -0.05) is 32.9 Å². The molecule has 0 bridgehead atoms. The van der Waals surface area contributed by atoms with Crippen LogP contribution in [-0.2, 0) is 11.8 Å². The molecule has 0 aliphatic carbocycles. The van der Waals surface area contributed by atoms with E-state index in [0.29, 0.717) is 5.95 Å². The van der Waals surface area contributed by atoms with Gasteiger partial charge >= 0.3 is 0 Å². The first kappa shape index (κ1) is 11.6. The van der Waals surface area contributed by atoms with Gasteiger partial charge in [0.15, 0.2) is 0 Å². The van der Waals surface area contributed by atoms with Crippen LogP contribution in [0.5, 0.6) is 0 Å². The minimum atomic E-state index is -0.419. The molecule has 2 aromatic rings. The minimum absolute atomic E-state index is 0.0316. The number of aryl methyl sites for hydroxylation is 1. The summed E-state index contributed by atoms with van der Waals surface area (Å²) in [6, 6.07) is 7.81. The summed E-state index contributed by atoms with van der Waals surface area (Å²) in [5, 5.41) is 2.85. The van der Waals surface area contributed by atoms with Crippen LogP contribution in [0, 0.1) is 5.41 Å². The molecule has 0 aliphatic heterocycles. The number of benzene rings is 1. The number of rotatable bonds is 1. The number of fused-ring (bicyclic) bond motifs is 1. The molecule has 0 saturated heterocycles. The van der Waals surface area contributed by atoms with E-state index in [0.717, 1.165) is 11.0 Å². The van der Waals surface area contributed by atoms with Crippen molar-refractivity contribution < 1.29 is 4.79 Å². The first-order valence-corrected chi connectivity index (χ1v) is 5.62. The number of carbonyl (C=O) groups is 1. The topological polar surface area (TPSA) is 46.9 Å². The fourth-order valence-corrected chi connectivity index (χ4v) is 1.55. The number of anilines is 1. The van der Waals surface area contributed by atoms with E-state index in [2.05, 4.69) is 10.3 Å². The minimum Gasteiger partial charge on any atom is -0.313 e. The fourth-order valence-electron chi connectivity index (χ4n) is 1.55. The maximum atomic E-state index is 11.9. The molecule has 0 atom stereocenters. The summed E-state index contributed by atoms with van der Waals surface area (Å²) < 4.78 is 1.89. The van der Waals surface area contributed by atoms with E-state index < -0.39 is 5.41 Å². The van der Waals surface area contributed by atoms with Crippen molar-refractivity contribution in [1.82, 2.24) is 9.55 Å². The molecule has 4 heteroatoms. The summed E-state index contributed by atoms with van der Waals surface area (Å²) in [5.41, 5.74) is 1.48. The lowest BCUT2D eigenvalue weighted by Gasteiger charge is -2.17. The summed E-state index contributed by atoms with van der Waals surface area (Å²) in [7, 11) is 1.90. The monoisotopic (exact) mass is 231 g/mol. The molecule has 1 N–H and O–H groups in total. The highest BCUT2D eigenvalue weighted by Crippen LogP contribution is 2.20. The number of hydrogen-bond donors (Lipinski definition) is 1. The molecule has 0 fully saturated rings. The van der Waals surface area contributed by atoms with E-state index in [1.165, 1.54) is 0 Å². The number of nitrogens with zero attached hydrogens (tertiary/aromatic N) is 2. The summed E-state index contributed by atoms with van der Waals surface area (Å²) in [4.78, 5) is 16.3. The van der Waals surface area contributed by atoms with Gasteiger partial charge in [0, 0.05) is 12.5 Å². The normalized spacial score (nSPS) is 11.8. The Kier molecular flexibility index (Phi) is 2.65. The number of carbonyl (C=O) groups excluding carboxylic acids is 1. The van der Waals surface area contributed by atoms with Crippen LogP contribution >= 0.6 is 0 Å². The second-order valence-electron chi connectivity index (χ2n) is 5.19. The van der Waals surface area contributed by atoms with Crippen molar-refractivity contribution in [3.63, 3.8) is 0 Å². The first-order chi connectivity index (χ1) is 7.89. The van der Waals surface area contributed by atoms with Gasteiger partial charge < -0.3 is 4.57 Å². The molecule has 0 unspecified atom stereocenters. The van der Waals surface area contributed by atoms with Crippen LogP contribution in [0.15, 0.2) is 24.3 Å². The molecule has 0 spiro atoms. The first-order valence-electron chi connectivity index (χ1n) is 5.62. The lowest BCUT2D eigenvalue weighted by Crippen LogP contribution is -2.28. The van der Waals surface area contributed by atoms with Crippen molar-refractivity contribution in [1.29, 1.82) is 0 Å². The SMILES string of the molecule is Cn1c(NC(=O)C(C)(C)C)nc2ccccc21. The zero-order chi connectivity index (χ0) is 12.6. The maximum absolute atomic E-state index is 11.9. The van der Waals surface area contributed by atoms with Gasteiger partial charge in [0.25, 0.3) is 0 Å². The van der Waals surface area contributed by atoms with E-state index in [4.69, 9.17) is 0 Å². The molecular weight excluding hydrogens is 214 g/mol. The standard InChI is InChI=1S/C13H17N3O/c1-13(2,3)11(17)15-12-14-9-7-5-6-8-10(9)16(12)4/h5-8H,1-4H3,(H,14,15,17). The highest BCUT2D eigenvalue weighted by Gasteiger charge is 2.22. The number of hydrogen-bond acceptors (Lipinski definition) is 2. The van der Waals surface area contributed by atoms with Gasteiger partial charge in [0.1, 0.15) is 0 Å². The third-order valence-electron chi connectivity index (χ3n) is 2.69.